The van der Waals surface area contributed by atoms with Crippen LogP contribution in [0.2, 0.25) is 0 Å². The number of hydrogen-bond acceptors (Lipinski definition) is 3. The molecule has 16 heavy (non-hydrogen) atoms. The van der Waals surface area contributed by atoms with Crippen LogP contribution in [0.25, 0.3) is 0 Å². The van der Waals surface area contributed by atoms with Gasteiger partial charge in [0.1, 0.15) is 18.1 Å². The Balaban J connectivity index is 2.40. The summed E-state index contributed by atoms with van der Waals surface area (Å²) in [7, 11) is 1.66. The zero-order valence-corrected chi connectivity index (χ0v) is 10.3. The fourth-order valence-corrected chi connectivity index (χ4v) is 1.48. The summed E-state index contributed by atoms with van der Waals surface area (Å²) in [6.45, 7) is 5.95. The van der Waals surface area contributed by atoms with Crippen molar-refractivity contribution in [2.45, 2.75) is 26.3 Å². The van der Waals surface area contributed by atoms with Crippen LogP contribution < -0.4 is 14.8 Å². The highest BCUT2D eigenvalue weighted by atomic mass is 16.5. The molecule has 0 bridgehead atoms. The first kappa shape index (κ1) is 12.8. The molecule has 1 unspecified atom stereocenters. The van der Waals surface area contributed by atoms with Crippen LogP contribution in [0.1, 0.15) is 20.3 Å². The second-order valence-electron chi connectivity index (χ2n) is 3.65. The van der Waals surface area contributed by atoms with E-state index in [0.717, 1.165) is 24.5 Å². The van der Waals surface area contributed by atoms with Crippen LogP contribution >= 0.6 is 0 Å². The standard InChI is InChI=1S/C13H21NO2/c1-4-11(14-5-2)10-16-13-8-6-12(15-3)7-9-13/h6-9,11,14H,4-5,10H2,1-3H3. The van der Waals surface area contributed by atoms with Crippen molar-refractivity contribution in [1.29, 1.82) is 0 Å². The van der Waals surface area contributed by atoms with Gasteiger partial charge in [-0.25, -0.2) is 0 Å². The monoisotopic (exact) mass is 223 g/mol. The molecule has 0 aliphatic rings. The third-order valence-corrected chi connectivity index (χ3v) is 2.50. The quantitative estimate of drug-likeness (QED) is 0.770. The van der Waals surface area contributed by atoms with Gasteiger partial charge in [-0.15, -0.1) is 0 Å². The molecule has 1 rings (SSSR count). The van der Waals surface area contributed by atoms with E-state index in [-0.39, 0.29) is 0 Å². The van der Waals surface area contributed by atoms with Crippen molar-refractivity contribution in [2.75, 3.05) is 20.3 Å². The van der Waals surface area contributed by atoms with E-state index in [2.05, 4.69) is 19.2 Å². The summed E-state index contributed by atoms with van der Waals surface area (Å²) >= 11 is 0. The lowest BCUT2D eigenvalue weighted by Gasteiger charge is -2.16. The van der Waals surface area contributed by atoms with Gasteiger partial charge in [-0.05, 0) is 37.2 Å². The van der Waals surface area contributed by atoms with E-state index in [1.807, 2.05) is 24.3 Å². The number of benzene rings is 1. The molecule has 3 heteroatoms. The van der Waals surface area contributed by atoms with Crippen molar-refractivity contribution >= 4 is 0 Å². The molecule has 1 N–H and O–H groups in total. The van der Waals surface area contributed by atoms with Crippen molar-refractivity contribution in [3.8, 4) is 11.5 Å². The lowest BCUT2D eigenvalue weighted by Crippen LogP contribution is -2.33. The molecule has 1 aromatic carbocycles. The first-order valence-electron chi connectivity index (χ1n) is 5.80. The summed E-state index contributed by atoms with van der Waals surface area (Å²) in [4.78, 5) is 0. The normalized spacial score (nSPS) is 12.2. The zero-order chi connectivity index (χ0) is 11.8. The molecule has 0 amide bonds. The van der Waals surface area contributed by atoms with Crippen molar-refractivity contribution in [3.63, 3.8) is 0 Å². The first-order valence-corrected chi connectivity index (χ1v) is 5.80. The molecule has 90 valence electrons. The molecule has 1 atom stereocenters. The Morgan fingerprint density at radius 3 is 2.25 bits per heavy atom. The van der Waals surface area contributed by atoms with Crippen molar-refractivity contribution in [3.05, 3.63) is 24.3 Å². The van der Waals surface area contributed by atoms with Crippen LogP contribution in [-0.2, 0) is 0 Å². The minimum atomic E-state index is 0.423. The maximum atomic E-state index is 5.69. The topological polar surface area (TPSA) is 30.5 Å². The molecule has 0 aliphatic carbocycles. The van der Waals surface area contributed by atoms with E-state index >= 15 is 0 Å². The van der Waals surface area contributed by atoms with Crippen LogP contribution in [0, 0.1) is 0 Å². The predicted octanol–water partition coefficient (Wildman–Crippen LogP) is 2.46. The Hall–Kier alpha value is -1.22. The van der Waals surface area contributed by atoms with Crippen molar-refractivity contribution in [2.24, 2.45) is 0 Å². The second-order valence-corrected chi connectivity index (χ2v) is 3.65. The Morgan fingerprint density at radius 1 is 1.12 bits per heavy atom. The zero-order valence-electron chi connectivity index (χ0n) is 10.3. The van der Waals surface area contributed by atoms with E-state index in [4.69, 9.17) is 9.47 Å². The van der Waals surface area contributed by atoms with Gasteiger partial charge in [0.15, 0.2) is 0 Å². The van der Waals surface area contributed by atoms with Gasteiger partial charge < -0.3 is 14.8 Å². The number of likely N-dealkylation sites (N-methyl/N-ethyl adjacent to an activating group) is 1. The lowest BCUT2D eigenvalue weighted by molar-refractivity contribution is 0.262. The Bertz CT molecular complexity index is 284. The molecule has 1 aromatic rings. The average Bonchev–Trinajstić information content (AvgIpc) is 2.35. The molecule has 0 fully saturated rings. The number of hydrogen-bond donors (Lipinski definition) is 1. The third-order valence-electron chi connectivity index (χ3n) is 2.50. The molecule has 0 saturated carbocycles. The largest absolute Gasteiger partial charge is 0.497 e. The summed E-state index contributed by atoms with van der Waals surface area (Å²) in [6.07, 6.45) is 1.07. The summed E-state index contributed by atoms with van der Waals surface area (Å²) in [5.74, 6) is 1.74. The molecular formula is C13H21NO2. The van der Waals surface area contributed by atoms with Gasteiger partial charge in [-0.3, -0.25) is 0 Å². The average molecular weight is 223 g/mol. The van der Waals surface area contributed by atoms with E-state index in [1.54, 1.807) is 7.11 Å². The molecule has 0 heterocycles. The number of rotatable bonds is 7. The van der Waals surface area contributed by atoms with Gasteiger partial charge in [0.05, 0.1) is 7.11 Å². The number of methoxy groups -OCH3 is 1. The second kappa shape index (κ2) is 7.12. The van der Waals surface area contributed by atoms with E-state index in [0.29, 0.717) is 12.6 Å². The van der Waals surface area contributed by atoms with Crippen molar-refractivity contribution < 1.29 is 9.47 Å². The van der Waals surface area contributed by atoms with Gasteiger partial charge in [-0.1, -0.05) is 13.8 Å². The van der Waals surface area contributed by atoms with E-state index in [9.17, 15) is 0 Å². The number of ether oxygens (including phenoxy) is 2. The highest BCUT2D eigenvalue weighted by molar-refractivity contribution is 5.31. The first-order chi connectivity index (χ1) is 7.80. The highest BCUT2D eigenvalue weighted by Crippen LogP contribution is 2.17. The maximum Gasteiger partial charge on any atom is 0.119 e. The Kier molecular flexibility index (Phi) is 5.72. The molecule has 0 radical (unpaired) electrons. The van der Waals surface area contributed by atoms with Gasteiger partial charge >= 0.3 is 0 Å². The Labute approximate surface area is 97.8 Å². The van der Waals surface area contributed by atoms with Gasteiger partial charge in [-0.2, -0.15) is 0 Å². The number of nitrogens with one attached hydrogen (secondary N) is 1. The molecular weight excluding hydrogens is 202 g/mol. The van der Waals surface area contributed by atoms with Crippen LogP contribution in [0.3, 0.4) is 0 Å². The SMILES string of the molecule is CCNC(CC)COc1ccc(OC)cc1. The lowest BCUT2D eigenvalue weighted by atomic mass is 10.2. The van der Waals surface area contributed by atoms with Crippen LogP contribution in [0.15, 0.2) is 24.3 Å². The summed E-state index contributed by atoms with van der Waals surface area (Å²) in [5.41, 5.74) is 0. The van der Waals surface area contributed by atoms with Gasteiger partial charge in [0.25, 0.3) is 0 Å². The maximum absolute atomic E-state index is 5.69. The summed E-state index contributed by atoms with van der Waals surface area (Å²) in [6, 6.07) is 8.09. The fourth-order valence-electron chi connectivity index (χ4n) is 1.48. The van der Waals surface area contributed by atoms with E-state index < -0.39 is 0 Å². The van der Waals surface area contributed by atoms with E-state index in [1.165, 1.54) is 0 Å². The summed E-state index contributed by atoms with van der Waals surface area (Å²) < 4.78 is 10.8. The van der Waals surface area contributed by atoms with Crippen LogP contribution in [0.4, 0.5) is 0 Å². The molecule has 0 saturated heterocycles. The third kappa shape index (κ3) is 4.11. The van der Waals surface area contributed by atoms with Crippen LogP contribution in [-0.4, -0.2) is 26.3 Å². The molecule has 0 spiro atoms. The highest BCUT2D eigenvalue weighted by Gasteiger charge is 2.04. The minimum Gasteiger partial charge on any atom is -0.497 e. The molecule has 3 nitrogen and oxygen atoms in total. The Morgan fingerprint density at radius 2 is 1.75 bits per heavy atom. The van der Waals surface area contributed by atoms with Gasteiger partial charge in [0, 0.05) is 6.04 Å². The summed E-state index contributed by atoms with van der Waals surface area (Å²) in [5, 5.41) is 3.38. The predicted molar refractivity (Wildman–Crippen MR) is 66.2 cm³/mol. The molecule has 0 aromatic heterocycles. The smallest absolute Gasteiger partial charge is 0.119 e. The van der Waals surface area contributed by atoms with Crippen LogP contribution in [0.5, 0.6) is 11.5 Å². The molecule has 0 aliphatic heterocycles. The minimum absolute atomic E-state index is 0.423. The van der Waals surface area contributed by atoms with Crippen molar-refractivity contribution in [1.82, 2.24) is 5.32 Å². The van der Waals surface area contributed by atoms with Gasteiger partial charge in [0.2, 0.25) is 0 Å². The fraction of sp³-hybridized carbons (Fsp3) is 0.538.